The zero-order valence-corrected chi connectivity index (χ0v) is 8.31. The highest BCUT2D eigenvalue weighted by atomic mass is 35.5. The van der Waals surface area contributed by atoms with Crippen molar-refractivity contribution in [3.63, 3.8) is 0 Å². The number of nitrogens with two attached hydrogens (primary N) is 1. The molecule has 13 heavy (non-hydrogen) atoms. The summed E-state index contributed by atoms with van der Waals surface area (Å²) in [6.07, 6.45) is 1.62. The highest BCUT2D eigenvalue weighted by molar-refractivity contribution is 6.30. The van der Waals surface area contributed by atoms with Crippen LogP contribution >= 0.6 is 11.6 Å². The summed E-state index contributed by atoms with van der Waals surface area (Å²) in [4.78, 5) is 0. The minimum atomic E-state index is -0.285. The van der Waals surface area contributed by atoms with Gasteiger partial charge in [0.05, 0.1) is 0 Å². The molecule has 0 aliphatic carbocycles. The van der Waals surface area contributed by atoms with Crippen LogP contribution < -0.4 is 5.73 Å². The summed E-state index contributed by atoms with van der Waals surface area (Å²) in [5.74, 6) is -0.285. The third kappa shape index (κ3) is 3.75. The minimum absolute atomic E-state index is 0.141. The fourth-order valence-electron chi connectivity index (χ4n) is 1.15. The van der Waals surface area contributed by atoms with Gasteiger partial charge < -0.3 is 5.73 Å². The molecule has 0 bridgehead atoms. The molecule has 1 nitrogen and oxygen atoms in total. The summed E-state index contributed by atoms with van der Waals surface area (Å²) in [6.45, 7) is 1.93. The Bertz CT molecular complexity index is 266. The van der Waals surface area contributed by atoms with E-state index >= 15 is 0 Å². The summed E-state index contributed by atoms with van der Waals surface area (Å²) in [5, 5.41) is 0.444. The normalized spacial score (nSPS) is 12.9. The first kappa shape index (κ1) is 10.5. The Morgan fingerprint density at radius 2 is 2.15 bits per heavy atom. The zero-order valence-electron chi connectivity index (χ0n) is 7.56. The van der Waals surface area contributed by atoms with Crippen LogP contribution in [0.2, 0.25) is 5.02 Å². The number of aryl methyl sites for hydroxylation is 1. The van der Waals surface area contributed by atoms with Crippen LogP contribution in [0.3, 0.4) is 0 Å². The van der Waals surface area contributed by atoms with Crippen LogP contribution in [0.1, 0.15) is 18.9 Å². The standard InChI is InChI=1S/C10H13ClFN/c1-7(13)2-3-8-4-9(11)6-10(12)5-8/h4-7H,2-3,13H2,1H3/t7-/m1/s1. The predicted octanol–water partition coefficient (Wildman–Crippen LogP) is 2.76. The fourth-order valence-corrected chi connectivity index (χ4v) is 1.39. The van der Waals surface area contributed by atoms with Gasteiger partial charge in [0.15, 0.2) is 0 Å². The van der Waals surface area contributed by atoms with E-state index in [-0.39, 0.29) is 11.9 Å². The van der Waals surface area contributed by atoms with Crippen LogP contribution in [-0.2, 0) is 6.42 Å². The lowest BCUT2D eigenvalue weighted by Crippen LogP contribution is -2.15. The predicted molar refractivity (Wildman–Crippen MR) is 53.4 cm³/mol. The van der Waals surface area contributed by atoms with Crippen molar-refractivity contribution in [2.75, 3.05) is 0 Å². The average Bonchev–Trinajstić information content (AvgIpc) is 1.99. The molecule has 0 fully saturated rings. The molecule has 0 spiro atoms. The molecule has 0 radical (unpaired) electrons. The molecule has 2 N–H and O–H groups in total. The molecule has 72 valence electrons. The average molecular weight is 202 g/mol. The largest absolute Gasteiger partial charge is 0.328 e. The van der Waals surface area contributed by atoms with E-state index in [1.807, 2.05) is 6.92 Å². The highest BCUT2D eigenvalue weighted by Gasteiger charge is 2.00. The molecule has 3 heteroatoms. The van der Waals surface area contributed by atoms with E-state index in [2.05, 4.69) is 0 Å². The highest BCUT2D eigenvalue weighted by Crippen LogP contribution is 2.15. The number of rotatable bonds is 3. The molecule has 0 amide bonds. The molecule has 1 aromatic carbocycles. The first-order chi connectivity index (χ1) is 6.08. The maximum absolute atomic E-state index is 12.8. The van der Waals surface area contributed by atoms with Crippen LogP contribution in [0.5, 0.6) is 0 Å². The first-order valence-corrected chi connectivity index (χ1v) is 4.66. The van der Waals surface area contributed by atoms with Crippen molar-refractivity contribution in [2.24, 2.45) is 5.73 Å². The molecule has 0 aliphatic rings. The summed E-state index contributed by atoms with van der Waals surface area (Å²) >= 11 is 5.69. The van der Waals surface area contributed by atoms with Crippen molar-refractivity contribution in [3.8, 4) is 0 Å². The van der Waals surface area contributed by atoms with Gasteiger partial charge in [0.2, 0.25) is 0 Å². The first-order valence-electron chi connectivity index (χ1n) is 4.28. The SMILES string of the molecule is C[C@@H](N)CCc1cc(F)cc(Cl)c1. The van der Waals surface area contributed by atoms with E-state index < -0.39 is 0 Å². The Balaban J connectivity index is 2.66. The zero-order chi connectivity index (χ0) is 9.84. The van der Waals surface area contributed by atoms with Gasteiger partial charge in [-0.2, -0.15) is 0 Å². The van der Waals surface area contributed by atoms with E-state index in [0.717, 1.165) is 18.4 Å². The number of hydrogen-bond donors (Lipinski definition) is 1. The number of hydrogen-bond acceptors (Lipinski definition) is 1. The lowest BCUT2D eigenvalue weighted by Gasteiger charge is -2.05. The molecule has 0 saturated carbocycles. The van der Waals surface area contributed by atoms with E-state index in [1.54, 1.807) is 6.07 Å². The van der Waals surface area contributed by atoms with Crippen LogP contribution in [0.15, 0.2) is 18.2 Å². The second-order valence-electron chi connectivity index (χ2n) is 3.29. The lowest BCUT2D eigenvalue weighted by molar-refractivity contribution is 0.620. The van der Waals surface area contributed by atoms with Gasteiger partial charge >= 0.3 is 0 Å². The van der Waals surface area contributed by atoms with E-state index in [0.29, 0.717) is 5.02 Å². The summed E-state index contributed by atoms with van der Waals surface area (Å²) in [7, 11) is 0. The van der Waals surface area contributed by atoms with Crippen LogP contribution in [0, 0.1) is 5.82 Å². The second-order valence-corrected chi connectivity index (χ2v) is 3.73. The van der Waals surface area contributed by atoms with Crippen molar-refractivity contribution >= 4 is 11.6 Å². The van der Waals surface area contributed by atoms with Crippen LogP contribution in [0.4, 0.5) is 4.39 Å². The van der Waals surface area contributed by atoms with Crippen LogP contribution in [0.25, 0.3) is 0 Å². The summed E-state index contributed by atoms with van der Waals surface area (Å²) < 4.78 is 12.8. The van der Waals surface area contributed by atoms with Gasteiger partial charge in [-0.3, -0.25) is 0 Å². The Labute approximate surface area is 82.7 Å². The monoisotopic (exact) mass is 201 g/mol. The Hall–Kier alpha value is -0.600. The molecule has 0 aliphatic heterocycles. The molecule has 0 heterocycles. The maximum atomic E-state index is 12.8. The molecule has 1 aromatic rings. The summed E-state index contributed by atoms with van der Waals surface area (Å²) in [6, 6.07) is 4.71. The van der Waals surface area contributed by atoms with Gasteiger partial charge in [0.25, 0.3) is 0 Å². The molecule has 1 rings (SSSR count). The smallest absolute Gasteiger partial charge is 0.124 e. The van der Waals surface area contributed by atoms with Gasteiger partial charge in [-0.05, 0) is 43.5 Å². The quantitative estimate of drug-likeness (QED) is 0.800. The lowest BCUT2D eigenvalue weighted by atomic mass is 10.1. The van der Waals surface area contributed by atoms with Gasteiger partial charge in [0, 0.05) is 11.1 Å². The fraction of sp³-hybridized carbons (Fsp3) is 0.400. The van der Waals surface area contributed by atoms with Crippen molar-refractivity contribution in [2.45, 2.75) is 25.8 Å². The Kier molecular flexibility index (Phi) is 3.70. The Morgan fingerprint density at radius 1 is 1.46 bits per heavy atom. The van der Waals surface area contributed by atoms with Gasteiger partial charge in [-0.1, -0.05) is 11.6 Å². The van der Waals surface area contributed by atoms with Gasteiger partial charge in [-0.25, -0.2) is 4.39 Å². The third-order valence-electron chi connectivity index (χ3n) is 1.81. The molecular formula is C10H13ClFN. The molecule has 0 saturated heterocycles. The van der Waals surface area contributed by atoms with Gasteiger partial charge in [-0.15, -0.1) is 0 Å². The van der Waals surface area contributed by atoms with E-state index in [4.69, 9.17) is 17.3 Å². The number of benzene rings is 1. The molecule has 1 atom stereocenters. The molecule has 0 aromatic heterocycles. The van der Waals surface area contributed by atoms with Crippen molar-refractivity contribution in [1.29, 1.82) is 0 Å². The second kappa shape index (κ2) is 4.58. The molecular weight excluding hydrogens is 189 g/mol. The Morgan fingerprint density at radius 3 is 2.69 bits per heavy atom. The van der Waals surface area contributed by atoms with Crippen LogP contribution in [-0.4, -0.2) is 6.04 Å². The van der Waals surface area contributed by atoms with Crippen molar-refractivity contribution in [1.82, 2.24) is 0 Å². The van der Waals surface area contributed by atoms with Crippen molar-refractivity contribution in [3.05, 3.63) is 34.6 Å². The van der Waals surface area contributed by atoms with Crippen molar-refractivity contribution < 1.29 is 4.39 Å². The maximum Gasteiger partial charge on any atom is 0.124 e. The topological polar surface area (TPSA) is 26.0 Å². The minimum Gasteiger partial charge on any atom is -0.328 e. The molecule has 0 unspecified atom stereocenters. The van der Waals surface area contributed by atoms with E-state index in [1.165, 1.54) is 12.1 Å². The third-order valence-corrected chi connectivity index (χ3v) is 2.03. The number of halogens is 2. The van der Waals surface area contributed by atoms with Gasteiger partial charge in [0.1, 0.15) is 5.82 Å². The van der Waals surface area contributed by atoms with E-state index in [9.17, 15) is 4.39 Å². The summed E-state index contributed by atoms with van der Waals surface area (Å²) in [5.41, 5.74) is 6.49.